The van der Waals surface area contributed by atoms with Gasteiger partial charge in [-0.2, -0.15) is 0 Å². The normalized spacial score (nSPS) is 12.0. The molecule has 19 heavy (non-hydrogen) atoms. The molecule has 0 radical (unpaired) electrons. The first kappa shape index (κ1) is 15.5. The highest BCUT2D eigenvalue weighted by molar-refractivity contribution is 9.10. The summed E-state index contributed by atoms with van der Waals surface area (Å²) in [5.41, 5.74) is 0. The minimum Gasteiger partial charge on any atom is -0.548 e. The highest BCUT2D eigenvalue weighted by atomic mass is 79.9. The minimum absolute atomic E-state index is 0.238. The van der Waals surface area contributed by atoms with Crippen LogP contribution in [-0.4, -0.2) is 24.5 Å². The van der Waals surface area contributed by atoms with Crippen molar-refractivity contribution >= 4 is 27.8 Å². The average Bonchev–Trinajstić information content (AvgIpc) is 2.34. The molecular weight excluding hydrogens is 314 g/mol. The molecule has 1 unspecified atom stereocenters. The van der Waals surface area contributed by atoms with Crippen molar-refractivity contribution in [1.29, 1.82) is 0 Å². The van der Waals surface area contributed by atoms with Gasteiger partial charge in [0.15, 0.2) is 6.61 Å². The number of aliphatic carboxylic acids is 1. The van der Waals surface area contributed by atoms with Crippen molar-refractivity contribution in [2.24, 2.45) is 5.92 Å². The number of ether oxygens (including phenoxy) is 1. The summed E-state index contributed by atoms with van der Waals surface area (Å²) < 4.78 is 6.14. The number of rotatable bonds is 6. The molecule has 0 spiro atoms. The van der Waals surface area contributed by atoms with Crippen LogP contribution >= 0.6 is 15.9 Å². The topological polar surface area (TPSA) is 78.5 Å². The van der Waals surface area contributed by atoms with E-state index in [1.165, 1.54) is 0 Å². The Labute approximate surface area is 120 Å². The van der Waals surface area contributed by atoms with Crippen LogP contribution in [0.1, 0.15) is 13.8 Å². The van der Waals surface area contributed by atoms with Gasteiger partial charge < -0.3 is 20.0 Å². The molecule has 0 aliphatic rings. The molecule has 0 bridgehead atoms. The maximum atomic E-state index is 11.6. The van der Waals surface area contributed by atoms with Crippen LogP contribution in [-0.2, 0) is 9.59 Å². The number of benzene rings is 1. The Morgan fingerprint density at radius 1 is 1.32 bits per heavy atom. The Hall–Kier alpha value is -1.56. The first-order chi connectivity index (χ1) is 8.90. The molecule has 0 aliphatic carbocycles. The van der Waals surface area contributed by atoms with E-state index in [9.17, 15) is 14.7 Å². The van der Waals surface area contributed by atoms with Crippen LogP contribution in [0.5, 0.6) is 5.75 Å². The minimum atomic E-state index is -1.30. The number of carboxylic acids is 1. The van der Waals surface area contributed by atoms with E-state index in [0.29, 0.717) is 5.75 Å². The smallest absolute Gasteiger partial charge is 0.258 e. The maximum absolute atomic E-state index is 11.6. The summed E-state index contributed by atoms with van der Waals surface area (Å²) in [6, 6.07) is 5.96. The summed E-state index contributed by atoms with van der Waals surface area (Å²) in [7, 11) is 0. The van der Waals surface area contributed by atoms with E-state index >= 15 is 0 Å². The van der Waals surface area contributed by atoms with Crippen LogP contribution in [0, 0.1) is 5.92 Å². The number of carboxylic acid groups (broad SMARTS) is 1. The predicted octanol–water partition coefficient (Wildman–Crippen LogP) is 0.719. The number of hydrogen-bond donors (Lipinski definition) is 1. The van der Waals surface area contributed by atoms with Crippen LogP contribution in [0.2, 0.25) is 0 Å². The van der Waals surface area contributed by atoms with E-state index in [2.05, 4.69) is 21.2 Å². The van der Waals surface area contributed by atoms with Gasteiger partial charge in [0, 0.05) is 4.47 Å². The second-order valence-electron chi connectivity index (χ2n) is 4.35. The summed E-state index contributed by atoms with van der Waals surface area (Å²) in [6.07, 6.45) is 0. The molecule has 1 aromatic carbocycles. The summed E-state index contributed by atoms with van der Waals surface area (Å²) in [4.78, 5) is 22.4. The first-order valence-electron chi connectivity index (χ1n) is 5.78. The lowest BCUT2D eigenvalue weighted by Gasteiger charge is -2.23. The monoisotopic (exact) mass is 328 g/mol. The molecule has 1 atom stereocenters. The van der Waals surface area contributed by atoms with Crippen molar-refractivity contribution in [2.45, 2.75) is 19.9 Å². The van der Waals surface area contributed by atoms with E-state index in [-0.39, 0.29) is 12.5 Å². The van der Waals surface area contributed by atoms with Gasteiger partial charge in [0.2, 0.25) is 0 Å². The van der Waals surface area contributed by atoms with Gasteiger partial charge in [-0.3, -0.25) is 4.79 Å². The summed E-state index contributed by atoms with van der Waals surface area (Å²) in [6.45, 7) is 3.14. The standard InChI is InChI=1S/C13H16BrNO4/c1-8(2)12(13(17)18)15-11(16)7-19-10-5-3-9(14)4-6-10/h3-6,8,12H,7H2,1-2H3,(H,15,16)(H,17,18)/p-1. The molecule has 0 fully saturated rings. The Balaban J connectivity index is 2.47. The van der Waals surface area contributed by atoms with Crippen LogP contribution in [0.3, 0.4) is 0 Å². The molecule has 6 heteroatoms. The summed E-state index contributed by atoms with van der Waals surface area (Å²) in [5.74, 6) is -1.51. The predicted molar refractivity (Wildman–Crippen MR) is 71.4 cm³/mol. The molecule has 0 saturated heterocycles. The van der Waals surface area contributed by atoms with Crippen molar-refractivity contribution < 1.29 is 19.4 Å². The van der Waals surface area contributed by atoms with Gasteiger partial charge in [0.1, 0.15) is 5.75 Å². The van der Waals surface area contributed by atoms with Crippen LogP contribution in [0.25, 0.3) is 0 Å². The second kappa shape index (κ2) is 7.13. The Morgan fingerprint density at radius 2 is 1.89 bits per heavy atom. The van der Waals surface area contributed by atoms with Crippen LogP contribution in [0.15, 0.2) is 28.7 Å². The SMILES string of the molecule is CC(C)C(NC(=O)COc1ccc(Br)cc1)C(=O)[O-]. The van der Waals surface area contributed by atoms with Gasteiger partial charge in [0.25, 0.3) is 5.91 Å². The van der Waals surface area contributed by atoms with Crippen LogP contribution in [0.4, 0.5) is 0 Å². The number of amides is 1. The molecule has 104 valence electrons. The largest absolute Gasteiger partial charge is 0.548 e. The van der Waals surface area contributed by atoms with Crippen molar-refractivity contribution in [1.82, 2.24) is 5.32 Å². The third kappa shape index (κ3) is 5.30. The number of halogens is 1. The quantitative estimate of drug-likeness (QED) is 0.834. The zero-order valence-electron chi connectivity index (χ0n) is 10.7. The van der Waals surface area contributed by atoms with Crippen molar-refractivity contribution in [3.63, 3.8) is 0 Å². The van der Waals surface area contributed by atoms with E-state index in [4.69, 9.17) is 4.74 Å². The second-order valence-corrected chi connectivity index (χ2v) is 5.27. The number of nitrogens with one attached hydrogen (secondary N) is 1. The zero-order valence-corrected chi connectivity index (χ0v) is 12.3. The lowest BCUT2D eigenvalue weighted by Crippen LogP contribution is -2.51. The lowest BCUT2D eigenvalue weighted by atomic mass is 10.1. The zero-order chi connectivity index (χ0) is 14.4. The molecule has 1 rings (SSSR count). The molecule has 0 saturated carbocycles. The number of carbonyl (C=O) groups excluding carboxylic acids is 2. The maximum Gasteiger partial charge on any atom is 0.258 e. The third-order valence-electron chi connectivity index (χ3n) is 2.42. The van der Waals surface area contributed by atoms with Crippen LogP contribution < -0.4 is 15.2 Å². The molecule has 0 aromatic heterocycles. The van der Waals surface area contributed by atoms with Gasteiger partial charge in [-0.05, 0) is 30.2 Å². The Bertz CT molecular complexity index is 444. The molecule has 1 amide bonds. The lowest BCUT2D eigenvalue weighted by molar-refractivity contribution is -0.309. The molecule has 5 nitrogen and oxygen atoms in total. The van der Waals surface area contributed by atoms with Crippen molar-refractivity contribution in [3.8, 4) is 5.75 Å². The summed E-state index contributed by atoms with van der Waals surface area (Å²) >= 11 is 3.28. The fourth-order valence-electron chi connectivity index (χ4n) is 1.39. The van der Waals surface area contributed by atoms with Gasteiger partial charge in [-0.1, -0.05) is 29.8 Å². The molecule has 1 N–H and O–H groups in total. The Kier molecular flexibility index (Phi) is 5.82. The number of carbonyl (C=O) groups is 2. The average molecular weight is 329 g/mol. The molecule has 0 aliphatic heterocycles. The molecular formula is C13H15BrNO4-. The van der Waals surface area contributed by atoms with Gasteiger partial charge in [-0.15, -0.1) is 0 Å². The molecule has 1 aromatic rings. The summed E-state index contributed by atoms with van der Waals surface area (Å²) in [5, 5.41) is 13.2. The Morgan fingerprint density at radius 3 is 2.37 bits per heavy atom. The van der Waals surface area contributed by atoms with Gasteiger partial charge in [0.05, 0.1) is 12.0 Å². The van der Waals surface area contributed by atoms with E-state index in [1.54, 1.807) is 38.1 Å². The van der Waals surface area contributed by atoms with E-state index in [0.717, 1.165) is 4.47 Å². The van der Waals surface area contributed by atoms with Crippen molar-refractivity contribution in [3.05, 3.63) is 28.7 Å². The number of hydrogen-bond acceptors (Lipinski definition) is 4. The first-order valence-corrected chi connectivity index (χ1v) is 6.58. The van der Waals surface area contributed by atoms with Gasteiger partial charge >= 0.3 is 0 Å². The fourth-order valence-corrected chi connectivity index (χ4v) is 1.66. The third-order valence-corrected chi connectivity index (χ3v) is 2.95. The molecule has 0 heterocycles. The fraction of sp³-hybridized carbons (Fsp3) is 0.385. The van der Waals surface area contributed by atoms with E-state index < -0.39 is 17.9 Å². The van der Waals surface area contributed by atoms with Gasteiger partial charge in [-0.25, -0.2) is 0 Å². The highest BCUT2D eigenvalue weighted by Gasteiger charge is 2.17. The van der Waals surface area contributed by atoms with E-state index in [1.807, 2.05) is 0 Å². The van der Waals surface area contributed by atoms with Crippen molar-refractivity contribution in [2.75, 3.05) is 6.61 Å². The highest BCUT2D eigenvalue weighted by Crippen LogP contribution is 2.15.